The third kappa shape index (κ3) is 2.72. The molecule has 0 heterocycles. The second-order valence-corrected chi connectivity index (χ2v) is 3.74. The lowest BCUT2D eigenvalue weighted by Crippen LogP contribution is -2.39. The van der Waals surface area contributed by atoms with Crippen LogP contribution in [0, 0.1) is 0 Å². The second-order valence-electron chi connectivity index (χ2n) is 3.74. The van der Waals surface area contributed by atoms with Crippen molar-refractivity contribution in [2.45, 2.75) is 37.8 Å². The minimum Gasteiger partial charge on any atom is -0.328 e. The normalized spacial score (nSPS) is 31.0. The lowest BCUT2D eigenvalue weighted by molar-refractivity contribution is 0.172. The van der Waals surface area contributed by atoms with E-state index in [1.165, 1.54) is 0 Å². The molecule has 0 aromatic carbocycles. The van der Waals surface area contributed by atoms with Gasteiger partial charge in [0.25, 0.3) is 0 Å². The van der Waals surface area contributed by atoms with Gasteiger partial charge in [0.15, 0.2) is 0 Å². The molecule has 0 amide bonds. The Labute approximate surface area is 73.9 Å². The fourth-order valence-corrected chi connectivity index (χ4v) is 1.86. The summed E-state index contributed by atoms with van der Waals surface area (Å²) >= 11 is 0. The Bertz CT molecular complexity index is 122. The molecule has 1 aliphatic rings. The van der Waals surface area contributed by atoms with Gasteiger partial charge in [-0.25, -0.2) is 4.39 Å². The Morgan fingerprint density at radius 3 is 2.42 bits per heavy atom. The molecule has 0 atom stereocenters. The zero-order chi connectivity index (χ0) is 8.97. The van der Waals surface area contributed by atoms with E-state index in [-0.39, 0.29) is 6.67 Å². The summed E-state index contributed by atoms with van der Waals surface area (Å²) in [5, 5.41) is 0. The summed E-state index contributed by atoms with van der Waals surface area (Å²) in [7, 11) is 2.00. The van der Waals surface area contributed by atoms with E-state index >= 15 is 0 Å². The van der Waals surface area contributed by atoms with Gasteiger partial charge in [0.1, 0.15) is 6.67 Å². The van der Waals surface area contributed by atoms with Gasteiger partial charge in [-0.3, -0.25) is 0 Å². The highest BCUT2D eigenvalue weighted by Gasteiger charge is 2.21. The van der Waals surface area contributed by atoms with Crippen LogP contribution in [0.3, 0.4) is 0 Å². The first-order valence-corrected chi connectivity index (χ1v) is 4.76. The van der Waals surface area contributed by atoms with Crippen molar-refractivity contribution in [2.75, 3.05) is 20.3 Å². The van der Waals surface area contributed by atoms with Crippen molar-refractivity contribution < 1.29 is 4.39 Å². The SMILES string of the molecule is CN(CCF)C1CCC(N)CC1. The van der Waals surface area contributed by atoms with E-state index in [0.29, 0.717) is 18.6 Å². The standard InChI is InChI=1S/C9H19FN2/c1-12(7-6-10)9-4-2-8(11)3-5-9/h8-9H,2-7,11H2,1H3. The molecular weight excluding hydrogens is 155 g/mol. The Morgan fingerprint density at radius 2 is 1.92 bits per heavy atom. The predicted molar refractivity (Wildman–Crippen MR) is 48.8 cm³/mol. The fraction of sp³-hybridized carbons (Fsp3) is 1.00. The average Bonchev–Trinajstić information content (AvgIpc) is 2.06. The largest absolute Gasteiger partial charge is 0.328 e. The molecular formula is C9H19FN2. The highest BCUT2D eigenvalue weighted by Crippen LogP contribution is 2.20. The van der Waals surface area contributed by atoms with E-state index in [0.717, 1.165) is 25.7 Å². The Hall–Kier alpha value is -0.150. The van der Waals surface area contributed by atoms with Crippen molar-refractivity contribution in [3.63, 3.8) is 0 Å². The summed E-state index contributed by atoms with van der Waals surface area (Å²) in [4.78, 5) is 2.12. The first-order chi connectivity index (χ1) is 5.74. The number of nitrogens with zero attached hydrogens (tertiary/aromatic N) is 1. The van der Waals surface area contributed by atoms with Crippen LogP contribution >= 0.6 is 0 Å². The molecule has 12 heavy (non-hydrogen) atoms. The fourth-order valence-electron chi connectivity index (χ4n) is 1.86. The van der Waals surface area contributed by atoms with E-state index in [1.807, 2.05) is 7.05 Å². The molecule has 0 saturated heterocycles. The number of nitrogens with two attached hydrogens (primary N) is 1. The Morgan fingerprint density at radius 1 is 1.33 bits per heavy atom. The average molecular weight is 174 g/mol. The van der Waals surface area contributed by atoms with Crippen LogP contribution in [-0.4, -0.2) is 37.3 Å². The van der Waals surface area contributed by atoms with E-state index in [2.05, 4.69) is 4.90 Å². The third-order valence-electron chi connectivity index (χ3n) is 2.80. The van der Waals surface area contributed by atoms with Crippen LogP contribution in [0.5, 0.6) is 0 Å². The summed E-state index contributed by atoms with van der Waals surface area (Å²) in [6.07, 6.45) is 4.47. The molecule has 0 aliphatic heterocycles. The van der Waals surface area contributed by atoms with E-state index < -0.39 is 0 Å². The maximum atomic E-state index is 12.0. The molecule has 2 N–H and O–H groups in total. The molecule has 0 radical (unpaired) electrons. The summed E-state index contributed by atoms with van der Waals surface area (Å²) in [6, 6.07) is 0.959. The van der Waals surface area contributed by atoms with Gasteiger partial charge < -0.3 is 10.6 Å². The second kappa shape index (κ2) is 4.77. The number of halogens is 1. The van der Waals surface area contributed by atoms with Crippen molar-refractivity contribution in [1.29, 1.82) is 0 Å². The Balaban J connectivity index is 2.24. The molecule has 72 valence electrons. The van der Waals surface area contributed by atoms with E-state index in [4.69, 9.17) is 5.73 Å². The summed E-state index contributed by atoms with van der Waals surface area (Å²) in [6.45, 7) is 0.332. The molecule has 0 bridgehead atoms. The first-order valence-electron chi connectivity index (χ1n) is 4.76. The third-order valence-corrected chi connectivity index (χ3v) is 2.80. The lowest BCUT2D eigenvalue weighted by Gasteiger charge is -2.32. The van der Waals surface area contributed by atoms with E-state index in [1.54, 1.807) is 0 Å². The van der Waals surface area contributed by atoms with Gasteiger partial charge in [-0.05, 0) is 32.7 Å². The molecule has 2 nitrogen and oxygen atoms in total. The van der Waals surface area contributed by atoms with Crippen molar-refractivity contribution >= 4 is 0 Å². The van der Waals surface area contributed by atoms with Crippen LogP contribution in [0.25, 0.3) is 0 Å². The number of hydrogen-bond acceptors (Lipinski definition) is 2. The molecule has 1 saturated carbocycles. The number of hydrogen-bond donors (Lipinski definition) is 1. The van der Waals surface area contributed by atoms with Gasteiger partial charge >= 0.3 is 0 Å². The molecule has 1 fully saturated rings. The van der Waals surface area contributed by atoms with E-state index in [9.17, 15) is 4.39 Å². The smallest absolute Gasteiger partial charge is 0.102 e. The molecule has 0 aromatic rings. The molecule has 1 aliphatic carbocycles. The van der Waals surface area contributed by atoms with Crippen LogP contribution in [0.2, 0.25) is 0 Å². The van der Waals surface area contributed by atoms with Gasteiger partial charge in [-0.1, -0.05) is 0 Å². The summed E-state index contributed by atoms with van der Waals surface area (Å²) in [5.41, 5.74) is 5.78. The molecule has 0 unspecified atom stereocenters. The summed E-state index contributed by atoms with van der Waals surface area (Å²) < 4.78 is 12.0. The quantitative estimate of drug-likeness (QED) is 0.695. The van der Waals surface area contributed by atoms with Gasteiger partial charge in [0.2, 0.25) is 0 Å². The topological polar surface area (TPSA) is 29.3 Å². The van der Waals surface area contributed by atoms with Crippen LogP contribution < -0.4 is 5.73 Å². The molecule has 0 aromatic heterocycles. The summed E-state index contributed by atoms with van der Waals surface area (Å²) in [5.74, 6) is 0. The van der Waals surface area contributed by atoms with Crippen molar-refractivity contribution in [3.8, 4) is 0 Å². The molecule has 3 heteroatoms. The zero-order valence-corrected chi connectivity index (χ0v) is 7.80. The highest BCUT2D eigenvalue weighted by atomic mass is 19.1. The van der Waals surface area contributed by atoms with Crippen LogP contribution in [-0.2, 0) is 0 Å². The van der Waals surface area contributed by atoms with Crippen LogP contribution in [0.4, 0.5) is 4.39 Å². The predicted octanol–water partition coefficient (Wildman–Crippen LogP) is 1.16. The van der Waals surface area contributed by atoms with Crippen LogP contribution in [0.15, 0.2) is 0 Å². The van der Waals surface area contributed by atoms with Crippen LogP contribution in [0.1, 0.15) is 25.7 Å². The molecule has 0 spiro atoms. The number of rotatable bonds is 3. The monoisotopic (exact) mass is 174 g/mol. The zero-order valence-electron chi connectivity index (χ0n) is 7.80. The van der Waals surface area contributed by atoms with Gasteiger partial charge in [-0.15, -0.1) is 0 Å². The van der Waals surface area contributed by atoms with Gasteiger partial charge in [-0.2, -0.15) is 0 Å². The van der Waals surface area contributed by atoms with Crippen molar-refractivity contribution in [3.05, 3.63) is 0 Å². The number of alkyl halides is 1. The van der Waals surface area contributed by atoms with Gasteiger partial charge in [0, 0.05) is 18.6 Å². The lowest BCUT2D eigenvalue weighted by atomic mass is 9.91. The van der Waals surface area contributed by atoms with Crippen molar-refractivity contribution in [2.24, 2.45) is 5.73 Å². The molecule has 1 rings (SSSR count). The first kappa shape index (κ1) is 9.93. The van der Waals surface area contributed by atoms with Gasteiger partial charge in [0.05, 0.1) is 0 Å². The maximum Gasteiger partial charge on any atom is 0.102 e. The maximum absolute atomic E-state index is 12.0. The van der Waals surface area contributed by atoms with Crippen molar-refractivity contribution in [1.82, 2.24) is 4.90 Å². The highest BCUT2D eigenvalue weighted by molar-refractivity contribution is 4.79. The Kier molecular flexibility index (Phi) is 3.95. The minimum absolute atomic E-state index is 0.237. The minimum atomic E-state index is -0.237.